The molecular weight excluding hydrogens is 420 g/mol. The van der Waals surface area contributed by atoms with Crippen LogP contribution in [0.25, 0.3) is 5.65 Å². The summed E-state index contributed by atoms with van der Waals surface area (Å²) in [6, 6.07) is 11.3. The van der Waals surface area contributed by atoms with Crippen molar-refractivity contribution in [2.45, 2.75) is 26.5 Å². The number of fused-ring (bicyclic) bond motifs is 1. The van der Waals surface area contributed by atoms with Crippen LogP contribution < -0.4 is 4.74 Å². The van der Waals surface area contributed by atoms with Gasteiger partial charge < -0.3 is 18.9 Å². The molecule has 1 aliphatic heterocycles. The fraction of sp³-hybridized carbons (Fsp3) is 0.333. The standard InChI is InChI=1S/C24H26N6O3/c1-17-20(14-28-11-10-25-18(28)2)24-26-9-8-21(30(24)27-17)22-15-29(12-13-32-22)23(31)16-33-19-6-4-3-5-7-19/h3-11,22H,12-16H2,1-2H3. The van der Waals surface area contributed by atoms with E-state index in [1.54, 1.807) is 17.3 Å². The highest BCUT2D eigenvalue weighted by atomic mass is 16.5. The Morgan fingerprint density at radius 1 is 1.15 bits per heavy atom. The first kappa shape index (κ1) is 21.1. The van der Waals surface area contributed by atoms with Crippen molar-refractivity contribution in [3.63, 3.8) is 0 Å². The Labute approximate surface area is 191 Å². The lowest BCUT2D eigenvalue weighted by atomic mass is 10.2. The van der Waals surface area contributed by atoms with Crippen LogP contribution in [0.4, 0.5) is 0 Å². The Balaban J connectivity index is 1.35. The maximum atomic E-state index is 12.8. The largest absolute Gasteiger partial charge is 0.484 e. The van der Waals surface area contributed by atoms with Crippen LogP contribution in [0, 0.1) is 13.8 Å². The molecule has 0 radical (unpaired) electrons. The molecule has 1 saturated heterocycles. The van der Waals surface area contributed by atoms with Gasteiger partial charge in [0.05, 0.1) is 31.1 Å². The van der Waals surface area contributed by atoms with Gasteiger partial charge in [0.2, 0.25) is 0 Å². The maximum absolute atomic E-state index is 12.8. The predicted molar refractivity (Wildman–Crippen MR) is 121 cm³/mol. The minimum absolute atomic E-state index is 0.00221. The average molecular weight is 447 g/mol. The minimum Gasteiger partial charge on any atom is -0.484 e. The van der Waals surface area contributed by atoms with Crippen molar-refractivity contribution < 1.29 is 14.3 Å². The number of aromatic nitrogens is 5. The number of morpholine rings is 1. The highest BCUT2D eigenvalue weighted by molar-refractivity contribution is 5.78. The summed E-state index contributed by atoms with van der Waals surface area (Å²) in [5.74, 6) is 1.55. The third-order valence-electron chi connectivity index (χ3n) is 5.95. The molecule has 1 aromatic carbocycles. The molecule has 0 spiro atoms. The number of carbonyl (C=O) groups excluding carboxylic acids is 1. The first-order chi connectivity index (χ1) is 16.1. The Morgan fingerprint density at radius 2 is 2.00 bits per heavy atom. The zero-order chi connectivity index (χ0) is 22.8. The number of aryl methyl sites for hydroxylation is 2. The molecule has 9 heteroatoms. The van der Waals surface area contributed by atoms with Crippen molar-refractivity contribution >= 4 is 11.6 Å². The Hall–Kier alpha value is -3.72. The van der Waals surface area contributed by atoms with Gasteiger partial charge in [0.1, 0.15) is 17.7 Å². The van der Waals surface area contributed by atoms with Crippen LogP contribution in [0.15, 0.2) is 55.0 Å². The van der Waals surface area contributed by atoms with E-state index in [1.165, 1.54) is 0 Å². The second kappa shape index (κ2) is 9.03. The number of hydrogen-bond acceptors (Lipinski definition) is 6. The fourth-order valence-electron chi connectivity index (χ4n) is 4.09. The lowest BCUT2D eigenvalue weighted by Gasteiger charge is -2.33. The molecule has 1 atom stereocenters. The molecule has 1 amide bonds. The number of hydrogen-bond donors (Lipinski definition) is 0. The van der Waals surface area contributed by atoms with Crippen molar-refractivity contribution in [1.29, 1.82) is 0 Å². The molecule has 5 rings (SSSR count). The number of imidazole rings is 1. The molecule has 0 saturated carbocycles. The van der Waals surface area contributed by atoms with Gasteiger partial charge >= 0.3 is 0 Å². The van der Waals surface area contributed by atoms with Gasteiger partial charge in [0, 0.05) is 30.7 Å². The Kier molecular flexibility index (Phi) is 5.78. The zero-order valence-corrected chi connectivity index (χ0v) is 18.7. The second-order valence-corrected chi connectivity index (χ2v) is 8.07. The molecule has 9 nitrogen and oxygen atoms in total. The summed E-state index contributed by atoms with van der Waals surface area (Å²) in [6.45, 7) is 6.02. The molecule has 0 N–H and O–H groups in total. The van der Waals surface area contributed by atoms with Gasteiger partial charge in [-0.2, -0.15) is 5.10 Å². The first-order valence-corrected chi connectivity index (χ1v) is 11.0. The van der Waals surface area contributed by atoms with Gasteiger partial charge in [-0.3, -0.25) is 4.79 Å². The second-order valence-electron chi connectivity index (χ2n) is 8.07. The van der Waals surface area contributed by atoms with Crippen LogP contribution in [-0.2, 0) is 16.1 Å². The summed E-state index contributed by atoms with van der Waals surface area (Å²) >= 11 is 0. The first-order valence-electron chi connectivity index (χ1n) is 11.0. The van der Waals surface area contributed by atoms with E-state index in [2.05, 4.69) is 14.5 Å². The molecule has 1 unspecified atom stereocenters. The fourth-order valence-corrected chi connectivity index (χ4v) is 4.09. The summed E-state index contributed by atoms with van der Waals surface area (Å²) in [7, 11) is 0. The number of nitrogens with zero attached hydrogens (tertiary/aromatic N) is 6. The molecule has 0 bridgehead atoms. The summed E-state index contributed by atoms with van der Waals surface area (Å²) in [4.78, 5) is 23.5. The number of amides is 1. The van der Waals surface area contributed by atoms with Crippen LogP contribution in [0.2, 0.25) is 0 Å². The van der Waals surface area contributed by atoms with Gasteiger partial charge in [-0.15, -0.1) is 0 Å². The van der Waals surface area contributed by atoms with Crippen LogP contribution in [0.3, 0.4) is 0 Å². The lowest BCUT2D eigenvalue weighted by molar-refractivity contribution is -0.141. The van der Waals surface area contributed by atoms with Gasteiger partial charge in [-0.05, 0) is 32.0 Å². The van der Waals surface area contributed by atoms with E-state index in [9.17, 15) is 4.79 Å². The number of ether oxygens (including phenoxy) is 2. The van der Waals surface area contributed by atoms with Gasteiger partial charge in [0.25, 0.3) is 5.91 Å². The van der Waals surface area contributed by atoms with Crippen LogP contribution in [-0.4, -0.2) is 61.3 Å². The monoisotopic (exact) mass is 446 g/mol. The predicted octanol–water partition coefficient (Wildman–Crippen LogP) is 2.57. The van der Waals surface area contributed by atoms with Crippen molar-refractivity contribution in [3.05, 3.63) is 77.8 Å². The van der Waals surface area contributed by atoms with E-state index < -0.39 is 0 Å². The van der Waals surface area contributed by atoms with E-state index in [1.807, 2.05) is 61.0 Å². The van der Waals surface area contributed by atoms with Crippen molar-refractivity contribution in [3.8, 4) is 5.75 Å². The van der Waals surface area contributed by atoms with E-state index in [0.29, 0.717) is 32.0 Å². The quantitative estimate of drug-likeness (QED) is 0.453. The molecule has 3 aromatic heterocycles. The van der Waals surface area contributed by atoms with E-state index >= 15 is 0 Å². The van der Waals surface area contributed by atoms with Crippen molar-refractivity contribution in [2.75, 3.05) is 26.3 Å². The molecule has 4 heterocycles. The SMILES string of the molecule is Cc1nn2c(C3CN(C(=O)COc4ccccc4)CCO3)ccnc2c1Cn1ccnc1C. The number of para-hydroxylation sites is 1. The summed E-state index contributed by atoms with van der Waals surface area (Å²) in [5, 5.41) is 4.76. The van der Waals surface area contributed by atoms with Gasteiger partial charge in [-0.1, -0.05) is 18.2 Å². The third kappa shape index (κ3) is 4.31. The maximum Gasteiger partial charge on any atom is 0.260 e. The topological polar surface area (TPSA) is 86.8 Å². The van der Waals surface area contributed by atoms with Crippen molar-refractivity contribution in [2.24, 2.45) is 0 Å². The molecule has 4 aromatic rings. The normalized spacial score (nSPS) is 16.3. The number of benzene rings is 1. The van der Waals surface area contributed by atoms with Crippen LogP contribution in [0.1, 0.15) is 28.9 Å². The van der Waals surface area contributed by atoms with Crippen molar-refractivity contribution in [1.82, 2.24) is 29.0 Å². The van der Waals surface area contributed by atoms with E-state index in [0.717, 1.165) is 28.4 Å². The lowest BCUT2D eigenvalue weighted by Crippen LogP contribution is -2.44. The zero-order valence-electron chi connectivity index (χ0n) is 18.7. The highest BCUT2D eigenvalue weighted by Gasteiger charge is 2.28. The van der Waals surface area contributed by atoms with Crippen LogP contribution in [0.5, 0.6) is 5.75 Å². The summed E-state index contributed by atoms with van der Waals surface area (Å²) in [6.07, 6.45) is 5.22. The van der Waals surface area contributed by atoms with Crippen LogP contribution >= 0.6 is 0 Å². The smallest absolute Gasteiger partial charge is 0.260 e. The minimum atomic E-state index is -0.299. The average Bonchev–Trinajstić information content (AvgIpc) is 3.40. The molecule has 33 heavy (non-hydrogen) atoms. The molecule has 0 aliphatic carbocycles. The summed E-state index contributed by atoms with van der Waals surface area (Å²) < 4.78 is 15.6. The molecular formula is C24H26N6O3. The molecule has 170 valence electrons. The number of rotatable bonds is 6. The molecule has 1 aliphatic rings. The highest BCUT2D eigenvalue weighted by Crippen LogP contribution is 2.25. The van der Waals surface area contributed by atoms with Gasteiger partial charge in [0.15, 0.2) is 12.3 Å². The Bertz CT molecular complexity index is 1270. The summed E-state index contributed by atoms with van der Waals surface area (Å²) in [5.41, 5.74) is 3.61. The van der Waals surface area contributed by atoms with E-state index in [4.69, 9.17) is 14.6 Å². The van der Waals surface area contributed by atoms with E-state index in [-0.39, 0.29) is 18.6 Å². The number of carbonyl (C=O) groups is 1. The molecule has 1 fully saturated rings. The third-order valence-corrected chi connectivity index (χ3v) is 5.95. The van der Waals surface area contributed by atoms with Gasteiger partial charge in [-0.25, -0.2) is 14.5 Å². The Morgan fingerprint density at radius 3 is 2.79 bits per heavy atom.